The lowest BCUT2D eigenvalue weighted by molar-refractivity contribution is 0.0609. The van der Waals surface area contributed by atoms with E-state index in [-0.39, 0.29) is 24.5 Å². The van der Waals surface area contributed by atoms with Crippen LogP contribution in [0.5, 0.6) is 0 Å². The number of hydrogen-bond donors (Lipinski definition) is 2. The normalized spacial score (nSPS) is 16.0. The lowest BCUT2D eigenvalue weighted by Crippen LogP contribution is -2.34. The van der Waals surface area contributed by atoms with Crippen molar-refractivity contribution < 1.29 is 19.0 Å². The Morgan fingerprint density at radius 1 is 1.48 bits per heavy atom. The number of hydrogen-bond acceptors (Lipinski definition) is 4. The number of nitrogens with one attached hydrogen (secondary N) is 1. The Labute approximate surface area is 123 Å². The van der Waals surface area contributed by atoms with Gasteiger partial charge >= 0.3 is 0 Å². The van der Waals surface area contributed by atoms with Crippen molar-refractivity contribution in [3.8, 4) is 0 Å². The SMILES string of the molecule is COCC(O)CNC(=O)c1ccc(N2CCCC2)c(F)c1. The number of aliphatic hydroxyl groups is 1. The molecule has 5 nitrogen and oxygen atoms in total. The van der Waals surface area contributed by atoms with Gasteiger partial charge in [-0.25, -0.2) is 4.39 Å². The molecule has 0 aromatic heterocycles. The van der Waals surface area contributed by atoms with Crippen molar-refractivity contribution >= 4 is 11.6 Å². The molecule has 1 atom stereocenters. The molecule has 2 rings (SSSR count). The number of ether oxygens (including phenoxy) is 1. The van der Waals surface area contributed by atoms with Crippen LogP contribution in [0.2, 0.25) is 0 Å². The van der Waals surface area contributed by atoms with Crippen LogP contribution in [0.1, 0.15) is 23.2 Å². The number of rotatable bonds is 6. The fourth-order valence-electron chi connectivity index (χ4n) is 2.43. The summed E-state index contributed by atoms with van der Waals surface area (Å²) in [6.07, 6.45) is 1.37. The first-order valence-electron chi connectivity index (χ1n) is 7.11. The molecule has 2 N–H and O–H groups in total. The summed E-state index contributed by atoms with van der Waals surface area (Å²) >= 11 is 0. The van der Waals surface area contributed by atoms with Crippen LogP contribution in [-0.2, 0) is 4.74 Å². The van der Waals surface area contributed by atoms with Gasteiger partial charge in [-0.05, 0) is 31.0 Å². The molecule has 1 aromatic carbocycles. The van der Waals surface area contributed by atoms with Crippen molar-refractivity contribution in [2.24, 2.45) is 0 Å². The van der Waals surface area contributed by atoms with E-state index >= 15 is 0 Å². The summed E-state index contributed by atoms with van der Waals surface area (Å²) < 4.78 is 18.9. The number of carbonyl (C=O) groups is 1. The van der Waals surface area contributed by atoms with E-state index in [1.807, 2.05) is 4.90 Å². The second kappa shape index (κ2) is 7.38. The van der Waals surface area contributed by atoms with Crippen molar-refractivity contribution in [1.29, 1.82) is 0 Å². The first-order valence-corrected chi connectivity index (χ1v) is 7.11. The molecule has 1 fully saturated rings. The maximum Gasteiger partial charge on any atom is 0.251 e. The van der Waals surface area contributed by atoms with Crippen LogP contribution in [-0.4, -0.2) is 50.5 Å². The summed E-state index contributed by atoms with van der Waals surface area (Å²) in [5.74, 6) is -0.793. The summed E-state index contributed by atoms with van der Waals surface area (Å²) in [7, 11) is 1.47. The van der Waals surface area contributed by atoms with Crippen molar-refractivity contribution in [1.82, 2.24) is 5.32 Å². The van der Waals surface area contributed by atoms with Gasteiger partial charge in [-0.1, -0.05) is 0 Å². The molecule has 116 valence electrons. The highest BCUT2D eigenvalue weighted by Crippen LogP contribution is 2.24. The van der Waals surface area contributed by atoms with Crippen LogP contribution >= 0.6 is 0 Å². The molecular weight excluding hydrogens is 275 g/mol. The van der Waals surface area contributed by atoms with E-state index in [0.717, 1.165) is 25.9 Å². The summed E-state index contributed by atoms with van der Waals surface area (Å²) in [5.41, 5.74) is 0.795. The molecule has 1 unspecified atom stereocenters. The van der Waals surface area contributed by atoms with Crippen molar-refractivity contribution in [2.75, 3.05) is 38.3 Å². The Morgan fingerprint density at radius 3 is 2.81 bits per heavy atom. The molecule has 1 saturated heterocycles. The number of benzene rings is 1. The number of methoxy groups -OCH3 is 1. The number of aliphatic hydroxyl groups excluding tert-OH is 1. The lowest BCUT2D eigenvalue weighted by Gasteiger charge is -2.18. The molecule has 6 heteroatoms. The highest BCUT2D eigenvalue weighted by Gasteiger charge is 2.17. The first kappa shape index (κ1) is 15.7. The molecule has 0 radical (unpaired) electrons. The molecule has 1 amide bonds. The number of nitrogens with zero attached hydrogens (tertiary/aromatic N) is 1. The lowest BCUT2D eigenvalue weighted by atomic mass is 10.1. The standard InChI is InChI=1S/C15H21FN2O3/c1-21-10-12(19)9-17-15(20)11-4-5-14(13(16)8-11)18-6-2-3-7-18/h4-5,8,12,19H,2-3,6-7,9-10H2,1H3,(H,17,20). The van der Waals surface area contributed by atoms with Crippen molar-refractivity contribution in [2.45, 2.75) is 18.9 Å². The Kier molecular flexibility index (Phi) is 5.52. The fourth-order valence-corrected chi connectivity index (χ4v) is 2.43. The van der Waals surface area contributed by atoms with Gasteiger partial charge in [0.2, 0.25) is 0 Å². The highest BCUT2D eigenvalue weighted by molar-refractivity contribution is 5.94. The summed E-state index contributed by atoms with van der Waals surface area (Å²) in [4.78, 5) is 13.9. The molecule has 1 aromatic rings. The topological polar surface area (TPSA) is 61.8 Å². The number of amides is 1. The van der Waals surface area contributed by atoms with Gasteiger partial charge in [0, 0.05) is 32.3 Å². The van der Waals surface area contributed by atoms with Crippen LogP contribution in [0.15, 0.2) is 18.2 Å². The van der Waals surface area contributed by atoms with Gasteiger partial charge in [-0.15, -0.1) is 0 Å². The van der Waals surface area contributed by atoms with Crippen LogP contribution < -0.4 is 10.2 Å². The molecule has 0 spiro atoms. The fraction of sp³-hybridized carbons (Fsp3) is 0.533. The van der Waals surface area contributed by atoms with E-state index in [2.05, 4.69) is 5.32 Å². The van der Waals surface area contributed by atoms with Crippen molar-refractivity contribution in [3.63, 3.8) is 0 Å². The second-order valence-electron chi connectivity index (χ2n) is 5.18. The molecule has 21 heavy (non-hydrogen) atoms. The van der Waals surface area contributed by atoms with E-state index in [9.17, 15) is 14.3 Å². The number of halogens is 1. The zero-order valence-electron chi connectivity index (χ0n) is 12.1. The first-order chi connectivity index (χ1) is 10.1. The second-order valence-corrected chi connectivity index (χ2v) is 5.18. The Morgan fingerprint density at radius 2 is 2.19 bits per heavy atom. The average molecular weight is 296 g/mol. The van der Waals surface area contributed by atoms with Gasteiger partial charge in [0.15, 0.2) is 0 Å². The summed E-state index contributed by atoms with van der Waals surface area (Å²) in [6.45, 7) is 1.92. The van der Waals surface area contributed by atoms with E-state index in [1.54, 1.807) is 12.1 Å². The van der Waals surface area contributed by atoms with Gasteiger partial charge in [0.1, 0.15) is 5.82 Å². The quantitative estimate of drug-likeness (QED) is 0.827. The van der Waals surface area contributed by atoms with Crippen molar-refractivity contribution in [3.05, 3.63) is 29.6 Å². The third-order valence-corrected chi connectivity index (χ3v) is 3.51. The number of anilines is 1. The maximum absolute atomic E-state index is 14.1. The van der Waals surface area contributed by atoms with E-state index in [4.69, 9.17) is 4.74 Å². The van der Waals surface area contributed by atoms with Gasteiger partial charge < -0.3 is 20.1 Å². The average Bonchev–Trinajstić information content (AvgIpc) is 2.99. The Bertz CT molecular complexity index is 490. The summed E-state index contributed by atoms with van der Waals surface area (Å²) in [5, 5.41) is 12.0. The molecule has 0 bridgehead atoms. The minimum absolute atomic E-state index is 0.0716. The van der Waals surface area contributed by atoms with E-state index < -0.39 is 12.0 Å². The van der Waals surface area contributed by atoms with Crippen LogP contribution in [0, 0.1) is 5.82 Å². The Balaban J connectivity index is 1.97. The minimum atomic E-state index is -0.771. The highest BCUT2D eigenvalue weighted by atomic mass is 19.1. The smallest absolute Gasteiger partial charge is 0.251 e. The van der Waals surface area contributed by atoms with Gasteiger partial charge in [0.05, 0.1) is 18.4 Å². The van der Waals surface area contributed by atoms with Gasteiger partial charge in [0.25, 0.3) is 5.91 Å². The molecule has 0 saturated carbocycles. The molecule has 1 aliphatic heterocycles. The molecule has 1 heterocycles. The van der Waals surface area contributed by atoms with Gasteiger partial charge in [-0.3, -0.25) is 4.79 Å². The molecule has 1 aliphatic rings. The predicted molar refractivity (Wildman–Crippen MR) is 78.1 cm³/mol. The number of carbonyl (C=O) groups excluding carboxylic acids is 1. The Hall–Kier alpha value is -1.66. The predicted octanol–water partition coefficient (Wildman–Crippen LogP) is 1.16. The third kappa shape index (κ3) is 4.15. The van der Waals surface area contributed by atoms with Crippen LogP contribution in [0.4, 0.5) is 10.1 Å². The van der Waals surface area contributed by atoms with Crippen LogP contribution in [0.25, 0.3) is 0 Å². The van der Waals surface area contributed by atoms with Gasteiger partial charge in [-0.2, -0.15) is 0 Å². The van der Waals surface area contributed by atoms with E-state index in [0.29, 0.717) is 5.69 Å². The maximum atomic E-state index is 14.1. The zero-order valence-corrected chi connectivity index (χ0v) is 12.1. The molecule has 0 aliphatic carbocycles. The zero-order chi connectivity index (χ0) is 15.2. The van der Waals surface area contributed by atoms with Crippen LogP contribution in [0.3, 0.4) is 0 Å². The minimum Gasteiger partial charge on any atom is -0.389 e. The summed E-state index contributed by atoms with van der Waals surface area (Å²) in [6, 6.07) is 4.49. The largest absolute Gasteiger partial charge is 0.389 e. The van der Waals surface area contributed by atoms with E-state index in [1.165, 1.54) is 13.2 Å². The molecular formula is C15H21FN2O3. The monoisotopic (exact) mass is 296 g/mol. The third-order valence-electron chi connectivity index (χ3n) is 3.51.